The molecule has 2 rings (SSSR count). The Labute approximate surface area is 204 Å². The molecule has 0 aliphatic carbocycles. The van der Waals surface area contributed by atoms with Crippen molar-refractivity contribution in [2.75, 3.05) is 17.3 Å². The molecule has 0 bridgehead atoms. The number of allylic oxidation sites excluding steroid dienone is 3. The first-order valence-electron chi connectivity index (χ1n) is 9.72. The van der Waals surface area contributed by atoms with Crippen molar-refractivity contribution >= 4 is 16.0 Å². The molecule has 0 unspecified atom stereocenters. The molecule has 1 N–H and O–H groups in total. The molecule has 2 aromatic rings. The van der Waals surface area contributed by atoms with E-state index in [1.165, 1.54) is 31.3 Å². The van der Waals surface area contributed by atoms with Crippen LogP contribution in [0.15, 0.2) is 72.6 Å². The van der Waals surface area contributed by atoms with Gasteiger partial charge >= 0.3 is 167 Å². The normalized spacial score (nSPS) is 13.2. The van der Waals surface area contributed by atoms with Crippen molar-refractivity contribution in [3.05, 3.63) is 84.0 Å². The summed E-state index contributed by atoms with van der Waals surface area (Å²) in [6.45, 7) is 6.63. The van der Waals surface area contributed by atoms with E-state index in [0.717, 1.165) is 22.9 Å². The molecule has 0 radical (unpaired) electrons. The van der Waals surface area contributed by atoms with E-state index in [1.54, 1.807) is 36.4 Å². The largest absolute Gasteiger partial charge is 0.415 e. The van der Waals surface area contributed by atoms with E-state index >= 15 is 0 Å². The molecule has 0 aliphatic heterocycles. The zero-order valence-electron chi connectivity index (χ0n) is 18.4. The number of hydrogen-bond donors (Lipinski definition) is 1. The summed E-state index contributed by atoms with van der Waals surface area (Å²) < 4.78 is 77.9. The molecule has 186 valence electrons. The van der Waals surface area contributed by atoms with Crippen LogP contribution in [0.2, 0.25) is 0 Å². The maximum absolute atomic E-state index is 13.1. The van der Waals surface area contributed by atoms with Gasteiger partial charge in [0, 0.05) is 11.8 Å². The van der Waals surface area contributed by atoms with Crippen molar-refractivity contribution in [1.29, 1.82) is 0 Å². The summed E-state index contributed by atoms with van der Waals surface area (Å²) in [7, 11) is 1.47. The van der Waals surface area contributed by atoms with Gasteiger partial charge in [0.2, 0.25) is 0 Å². The molecule has 11 heteroatoms. The van der Waals surface area contributed by atoms with Crippen LogP contribution in [0.5, 0.6) is 0 Å². The number of alkyl halides is 6. The third-order valence-electron chi connectivity index (χ3n) is 4.76. The Morgan fingerprint density at radius 3 is 2.12 bits per heavy atom. The minimum absolute atomic E-state index is 0.300. The number of aromatic nitrogens is 2. The number of halogens is 6. The summed E-state index contributed by atoms with van der Waals surface area (Å²) >= 11 is 1.52. The van der Waals surface area contributed by atoms with Gasteiger partial charge in [-0.05, 0) is 6.08 Å². The number of nitrogens with one attached hydrogen (secondary N) is 1. The average Bonchev–Trinajstić information content (AvgIpc) is 2.76. The SMILES string of the molecule is C=C(C=CNc1cccc(C(C)(C)c2cccc(N(C)/C=C(\[CH]=[Pt])C(F)(F)F)n2)n1)C(F)(F)F. The van der Waals surface area contributed by atoms with Gasteiger partial charge in [0.25, 0.3) is 0 Å². The minimum atomic E-state index is -4.52. The topological polar surface area (TPSA) is 41.0 Å². The predicted octanol–water partition coefficient (Wildman–Crippen LogP) is 6.08. The van der Waals surface area contributed by atoms with Crippen LogP contribution in [0.1, 0.15) is 25.2 Å². The second kappa shape index (κ2) is 10.7. The van der Waals surface area contributed by atoms with E-state index in [0.29, 0.717) is 23.0 Å². The van der Waals surface area contributed by atoms with Gasteiger partial charge in [-0.25, -0.2) is 0 Å². The van der Waals surface area contributed by atoms with Gasteiger partial charge < -0.3 is 0 Å². The molecule has 0 saturated carbocycles. The summed E-state index contributed by atoms with van der Waals surface area (Å²) in [6, 6.07) is 9.99. The van der Waals surface area contributed by atoms with Crippen LogP contribution in [0.25, 0.3) is 0 Å². The Bertz CT molecular complexity index is 1100. The molecule has 2 aromatic heterocycles. The first-order valence-corrected chi connectivity index (χ1v) is 11.0. The molecule has 4 nitrogen and oxygen atoms in total. The Hall–Kier alpha value is -2.74. The van der Waals surface area contributed by atoms with Crippen LogP contribution in [-0.4, -0.2) is 33.8 Å². The molecule has 0 aromatic carbocycles. The van der Waals surface area contributed by atoms with E-state index in [4.69, 9.17) is 0 Å². The van der Waals surface area contributed by atoms with E-state index in [1.807, 2.05) is 13.8 Å². The number of hydrogen-bond acceptors (Lipinski definition) is 4. The van der Waals surface area contributed by atoms with Crippen LogP contribution in [0, 0.1) is 0 Å². The van der Waals surface area contributed by atoms with E-state index in [2.05, 4.69) is 21.9 Å². The minimum Gasteiger partial charge on any atom is -0.166 e. The fourth-order valence-corrected chi connectivity index (χ4v) is 3.25. The van der Waals surface area contributed by atoms with Gasteiger partial charge in [-0.3, -0.25) is 0 Å². The Balaban J connectivity index is 2.31. The molecule has 0 spiro atoms. The first-order chi connectivity index (χ1) is 15.7. The summed E-state index contributed by atoms with van der Waals surface area (Å²) in [6.07, 6.45) is -6.17. The molecule has 34 heavy (non-hydrogen) atoms. The van der Waals surface area contributed by atoms with Crippen LogP contribution in [-0.2, 0) is 24.8 Å². The number of anilines is 2. The molecule has 0 amide bonds. The van der Waals surface area contributed by atoms with Crippen LogP contribution in [0.3, 0.4) is 0 Å². The van der Waals surface area contributed by atoms with Crippen molar-refractivity contribution in [3.63, 3.8) is 0 Å². The third kappa shape index (κ3) is 7.13. The maximum Gasteiger partial charge on any atom is 0.415 e. The molecular formula is C23H22F6N4Pt. The van der Waals surface area contributed by atoms with Crippen molar-refractivity contribution < 1.29 is 45.7 Å². The Morgan fingerprint density at radius 2 is 1.56 bits per heavy atom. The molecule has 0 atom stereocenters. The van der Waals surface area contributed by atoms with E-state index in [-0.39, 0.29) is 0 Å². The number of pyridine rings is 2. The van der Waals surface area contributed by atoms with Gasteiger partial charge in [-0.1, -0.05) is 6.58 Å². The molecule has 0 saturated heterocycles. The zero-order valence-corrected chi connectivity index (χ0v) is 20.7. The second-order valence-electron chi connectivity index (χ2n) is 7.70. The van der Waals surface area contributed by atoms with Crippen molar-refractivity contribution in [2.24, 2.45) is 0 Å². The Morgan fingerprint density at radius 1 is 0.971 bits per heavy atom. The first kappa shape index (κ1) is 27.5. The van der Waals surface area contributed by atoms with Gasteiger partial charge in [0.05, 0.1) is 0 Å². The molecule has 2 heterocycles. The summed E-state index contributed by atoms with van der Waals surface area (Å²) in [5, 5.41) is 2.68. The summed E-state index contributed by atoms with van der Waals surface area (Å²) in [4.78, 5) is 10.3. The fourth-order valence-electron chi connectivity index (χ4n) is 2.71. The van der Waals surface area contributed by atoms with Crippen LogP contribution < -0.4 is 10.2 Å². The predicted molar refractivity (Wildman–Crippen MR) is 117 cm³/mol. The standard InChI is InChI=1S/C23H22F6N4.Pt/c1-15(22(24,25)26)12-13-30-19-10-6-8-17(31-19)21(3,4)18-9-7-11-20(32-18)33(5)14-16(2)23(27,28)29;/h2,6-14H,1H2,3-5H3,(H,30,31);/b13-12?,16-14+;. The average molecular weight is 664 g/mol. The van der Waals surface area contributed by atoms with E-state index in [9.17, 15) is 26.3 Å². The molecule has 0 fully saturated rings. The third-order valence-corrected chi connectivity index (χ3v) is 5.47. The quantitative estimate of drug-likeness (QED) is 0.275. The molecular weight excluding hydrogens is 641 g/mol. The maximum atomic E-state index is 13.1. The van der Waals surface area contributed by atoms with Gasteiger partial charge in [-0.2, -0.15) is 13.2 Å². The monoisotopic (exact) mass is 663 g/mol. The fraction of sp³-hybridized carbons (Fsp3) is 0.261. The number of rotatable bonds is 8. The van der Waals surface area contributed by atoms with Gasteiger partial charge in [-0.15, -0.1) is 0 Å². The summed E-state index contributed by atoms with van der Waals surface area (Å²) in [5.41, 5.74) is -1.49. The van der Waals surface area contributed by atoms with Crippen molar-refractivity contribution in [2.45, 2.75) is 31.6 Å². The number of nitrogens with zero attached hydrogens (tertiary/aromatic N) is 3. The smallest absolute Gasteiger partial charge is 0.166 e. The Kier molecular flexibility index (Phi) is 8.64. The zero-order chi connectivity index (χ0) is 25.7. The van der Waals surface area contributed by atoms with Crippen LogP contribution in [0.4, 0.5) is 38.0 Å². The van der Waals surface area contributed by atoms with Crippen molar-refractivity contribution in [1.82, 2.24) is 9.97 Å². The van der Waals surface area contributed by atoms with Crippen molar-refractivity contribution in [3.8, 4) is 0 Å². The second-order valence-corrected chi connectivity index (χ2v) is 8.36. The van der Waals surface area contributed by atoms with Gasteiger partial charge in [0.15, 0.2) is 0 Å². The molecule has 0 aliphatic rings. The summed E-state index contributed by atoms with van der Waals surface area (Å²) in [5.74, 6) is 0.606. The van der Waals surface area contributed by atoms with Gasteiger partial charge in [0.1, 0.15) is 0 Å². The van der Waals surface area contributed by atoms with E-state index < -0.39 is 28.9 Å². The van der Waals surface area contributed by atoms with Crippen LogP contribution >= 0.6 is 0 Å².